The molecule has 0 saturated carbocycles. The number of hydrogen-bond acceptors (Lipinski definition) is 6. The summed E-state index contributed by atoms with van der Waals surface area (Å²) in [6.07, 6.45) is 2.75. The molecule has 7 nitrogen and oxygen atoms in total. The molecule has 0 radical (unpaired) electrons. The van der Waals surface area contributed by atoms with Crippen LogP contribution < -0.4 is 14.2 Å². The van der Waals surface area contributed by atoms with Crippen molar-refractivity contribution in [3.8, 4) is 28.6 Å². The van der Waals surface area contributed by atoms with Crippen molar-refractivity contribution in [2.45, 2.75) is 66.8 Å². The van der Waals surface area contributed by atoms with E-state index in [-0.39, 0.29) is 6.04 Å². The van der Waals surface area contributed by atoms with E-state index in [1.165, 1.54) is 5.56 Å². The van der Waals surface area contributed by atoms with Crippen LogP contribution in [0.1, 0.15) is 66.0 Å². The van der Waals surface area contributed by atoms with Crippen LogP contribution in [0, 0.1) is 0 Å². The highest BCUT2D eigenvalue weighted by Crippen LogP contribution is 2.37. The molecule has 0 unspecified atom stereocenters. The summed E-state index contributed by atoms with van der Waals surface area (Å²) in [5, 5.41) is 0.747. The molecular formula is C38H53ClN4O3. The molecule has 0 bridgehead atoms. The van der Waals surface area contributed by atoms with Gasteiger partial charge in [-0.05, 0) is 94.8 Å². The number of benzene rings is 3. The second kappa shape index (κ2) is 18.2. The van der Waals surface area contributed by atoms with Gasteiger partial charge in [0.15, 0.2) is 5.75 Å². The lowest BCUT2D eigenvalue weighted by Gasteiger charge is -2.19. The van der Waals surface area contributed by atoms with Gasteiger partial charge in [0.25, 0.3) is 0 Å². The first-order chi connectivity index (χ1) is 22.4. The highest BCUT2D eigenvalue weighted by Gasteiger charge is 2.20. The maximum absolute atomic E-state index is 6.45. The minimum Gasteiger partial charge on any atom is -0.493 e. The van der Waals surface area contributed by atoms with Crippen LogP contribution in [0.25, 0.3) is 22.4 Å². The molecule has 1 heterocycles. The molecule has 46 heavy (non-hydrogen) atoms. The molecule has 0 aliphatic carbocycles. The van der Waals surface area contributed by atoms with Gasteiger partial charge in [-0.25, -0.2) is 4.98 Å². The van der Waals surface area contributed by atoms with Crippen molar-refractivity contribution in [3.05, 3.63) is 71.2 Å². The van der Waals surface area contributed by atoms with Crippen molar-refractivity contribution < 1.29 is 14.2 Å². The second-order valence-corrected chi connectivity index (χ2v) is 12.3. The largest absolute Gasteiger partial charge is 0.493 e. The first-order valence-electron chi connectivity index (χ1n) is 17.1. The molecule has 4 aromatic rings. The third-order valence-electron chi connectivity index (χ3n) is 8.49. The summed E-state index contributed by atoms with van der Waals surface area (Å²) in [7, 11) is 0. The van der Waals surface area contributed by atoms with Crippen LogP contribution in [0.2, 0.25) is 5.02 Å². The van der Waals surface area contributed by atoms with Crippen molar-refractivity contribution in [1.82, 2.24) is 19.4 Å². The third-order valence-corrected chi connectivity index (χ3v) is 8.74. The first-order valence-corrected chi connectivity index (χ1v) is 17.5. The van der Waals surface area contributed by atoms with E-state index in [0.29, 0.717) is 19.8 Å². The quantitative estimate of drug-likeness (QED) is 0.0893. The van der Waals surface area contributed by atoms with Crippen molar-refractivity contribution in [3.63, 3.8) is 0 Å². The fraction of sp³-hybridized carbons (Fsp3) is 0.500. The maximum atomic E-state index is 6.45. The van der Waals surface area contributed by atoms with Gasteiger partial charge in [-0.15, -0.1) is 0 Å². The fourth-order valence-corrected chi connectivity index (χ4v) is 5.85. The van der Waals surface area contributed by atoms with E-state index < -0.39 is 0 Å². The summed E-state index contributed by atoms with van der Waals surface area (Å²) in [6, 6.07) is 20.5. The van der Waals surface area contributed by atoms with Gasteiger partial charge in [0.1, 0.15) is 22.8 Å². The molecule has 0 aliphatic rings. The summed E-state index contributed by atoms with van der Waals surface area (Å²) in [5.74, 6) is 3.34. The standard InChI is InChI=1S/C38H53ClN4O3/c1-7-41(8-2)22-11-24-44-34-27-35-37(36(28-34)46-25-12-23-42(9-3)10-4)40-38(43(35)29(5)6)31-15-19-33(20-16-31)45-26-21-30-13-17-32(39)18-14-30/h13-20,27-29H,7-12,21-26H2,1-6H3. The SMILES string of the molecule is CCN(CC)CCCOc1cc(OCCCN(CC)CC)c2nc(-c3ccc(OCCc4ccc(Cl)cc4)cc3)n(C(C)C)c2c1. The molecular weight excluding hydrogens is 596 g/mol. The predicted molar refractivity (Wildman–Crippen MR) is 192 cm³/mol. The third kappa shape index (κ3) is 9.87. The topological polar surface area (TPSA) is 52.0 Å². The van der Waals surface area contributed by atoms with Crippen LogP contribution in [0.5, 0.6) is 17.2 Å². The van der Waals surface area contributed by atoms with Crippen molar-refractivity contribution in [2.75, 3.05) is 59.1 Å². The Morgan fingerprint density at radius 2 is 1.30 bits per heavy atom. The Kier molecular flexibility index (Phi) is 14.1. The van der Waals surface area contributed by atoms with Crippen LogP contribution >= 0.6 is 11.6 Å². The van der Waals surface area contributed by atoms with Crippen LogP contribution in [0.3, 0.4) is 0 Å². The van der Waals surface area contributed by atoms with E-state index in [4.69, 9.17) is 30.8 Å². The fourth-order valence-electron chi connectivity index (χ4n) is 5.72. The molecule has 0 amide bonds. The van der Waals surface area contributed by atoms with Crippen LogP contribution in [0.15, 0.2) is 60.7 Å². The number of aromatic nitrogens is 2. The zero-order chi connectivity index (χ0) is 32.9. The lowest BCUT2D eigenvalue weighted by Crippen LogP contribution is -2.25. The Labute approximate surface area is 281 Å². The Bertz CT molecular complexity index is 1460. The van der Waals surface area contributed by atoms with Crippen molar-refractivity contribution >= 4 is 22.6 Å². The summed E-state index contributed by atoms with van der Waals surface area (Å²) < 4.78 is 21.1. The summed E-state index contributed by atoms with van der Waals surface area (Å²) in [5.41, 5.74) is 4.12. The zero-order valence-corrected chi connectivity index (χ0v) is 29.5. The molecule has 0 aliphatic heterocycles. The molecule has 0 N–H and O–H groups in total. The van der Waals surface area contributed by atoms with E-state index in [1.807, 2.05) is 42.5 Å². The van der Waals surface area contributed by atoms with E-state index in [1.54, 1.807) is 0 Å². The molecule has 0 fully saturated rings. The van der Waals surface area contributed by atoms with E-state index in [0.717, 1.165) is 103 Å². The van der Waals surface area contributed by atoms with E-state index in [2.05, 4.69) is 74.1 Å². The average molecular weight is 649 g/mol. The van der Waals surface area contributed by atoms with Gasteiger partial charge in [0.2, 0.25) is 0 Å². The molecule has 1 aromatic heterocycles. The summed E-state index contributed by atoms with van der Waals surface area (Å²) in [6.45, 7) is 21.3. The summed E-state index contributed by atoms with van der Waals surface area (Å²) >= 11 is 6.02. The van der Waals surface area contributed by atoms with Crippen LogP contribution in [-0.2, 0) is 6.42 Å². The monoisotopic (exact) mass is 648 g/mol. The van der Waals surface area contributed by atoms with E-state index >= 15 is 0 Å². The Morgan fingerprint density at radius 1 is 0.717 bits per heavy atom. The average Bonchev–Trinajstić information content (AvgIpc) is 3.46. The van der Waals surface area contributed by atoms with Crippen molar-refractivity contribution in [1.29, 1.82) is 0 Å². The van der Waals surface area contributed by atoms with Gasteiger partial charge in [0.05, 0.1) is 25.3 Å². The smallest absolute Gasteiger partial charge is 0.150 e. The number of imidazole rings is 1. The van der Waals surface area contributed by atoms with Gasteiger partial charge < -0.3 is 28.6 Å². The summed E-state index contributed by atoms with van der Waals surface area (Å²) in [4.78, 5) is 10.0. The number of fused-ring (bicyclic) bond motifs is 1. The number of hydrogen-bond donors (Lipinski definition) is 0. The van der Waals surface area contributed by atoms with Gasteiger partial charge in [-0.1, -0.05) is 51.4 Å². The van der Waals surface area contributed by atoms with Gasteiger partial charge in [-0.3, -0.25) is 0 Å². The molecule has 0 spiro atoms. The van der Waals surface area contributed by atoms with Gasteiger partial charge in [0, 0.05) is 48.3 Å². The minimum atomic E-state index is 0.184. The molecule has 4 rings (SSSR count). The number of nitrogens with zero attached hydrogens (tertiary/aromatic N) is 4. The maximum Gasteiger partial charge on any atom is 0.150 e. The zero-order valence-electron chi connectivity index (χ0n) is 28.7. The molecule has 8 heteroatoms. The van der Waals surface area contributed by atoms with Crippen molar-refractivity contribution in [2.24, 2.45) is 0 Å². The van der Waals surface area contributed by atoms with Gasteiger partial charge in [-0.2, -0.15) is 0 Å². The Morgan fingerprint density at radius 3 is 1.89 bits per heavy atom. The normalized spacial score (nSPS) is 11.7. The molecule has 0 saturated heterocycles. The van der Waals surface area contributed by atoms with E-state index in [9.17, 15) is 0 Å². The van der Waals surface area contributed by atoms with Gasteiger partial charge >= 0.3 is 0 Å². The highest BCUT2D eigenvalue weighted by molar-refractivity contribution is 6.30. The molecule has 0 atom stereocenters. The number of halogens is 1. The van der Waals surface area contributed by atoms with Crippen LogP contribution in [-0.4, -0.2) is 78.4 Å². The Balaban J connectivity index is 1.56. The first kappa shape index (κ1) is 35.6. The molecule has 3 aromatic carbocycles. The number of ether oxygens (including phenoxy) is 3. The Hall–Kier alpha value is -3.26. The minimum absolute atomic E-state index is 0.184. The lowest BCUT2D eigenvalue weighted by molar-refractivity contribution is 0.243. The number of rotatable bonds is 20. The molecule has 250 valence electrons. The predicted octanol–water partition coefficient (Wildman–Crippen LogP) is 8.78. The lowest BCUT2D eigenvalue weighted by atomic mass is 10.1. The second-order valence-electron chi connectivity index (χ2n) is 11.9. The van der Waals surface area contributed by atoms with Crippen LogP contribution in [0.4, 0.5) is 0 Å². The highest BCUT2D eigenvalue weighted by atomic mass is 35.5.